The van der Waals surface area contributed by atoms with Crippen molar-refractivity contribution >= 4 is 16.9 Å². The minimum absolute atomic E-state index is 0.558. The molecule has 13 heavy (non-hydrogen) atoms. The van der Waals surface area contributed by atoms with Gasteiger partial charge in [0, 0.05) is 12.2 Å². The van der Waals surface area contributed by atoms with E-state index in [1.165, 1.54) is 0 Å². The Morgan fingerprint density at radius 3 is 3.15 bits per heavy atom. The highest BCUT2D eigenvalue weighted by molar-refractivity contribution is 5.77. The normalized spacial score (nSPS) is 10.8. The number of aromatic amines is 1. The second-order valence-electron chi connectivity index (χ2n) is 2.99. The van der Waals surface area contributed by atoms with Crippen LogP contribution in [0.2, 0.25) is 0 Å². The van der Waals surface area contributed by atoms with Gasteiger partial charge >= 0.3 is 0 Å². The molecule has 0 radical (unpaired) electrons. The maximum atomic E-state index is 5.57. The van der Waals surface area contributed by atoms with Gasteiger partial charge in [-0.2, -0.15) is 0 Å². The van der Waals surface area contributed by atoms with E-state index in [0.29, 0.717) is 5.82 Å². The fourth-order valence-corrected chi connectivity index (χ4v) is 1.37. The Morgan fingerprint density at radius 1 is 1.54 bits per heavy atom. The van der Waals surface area contributed by atoms with Crippen LogP contribution in [0.1, 0.15) is 5.69 Å². The van der Waals surface area contributed by atoms with Crippen LogP contribution in [0.15, 0.2) is 18.2 Å². The zero-order valence-electron chi connectivity index (χ0n) is 7.46. The standard InChI is InChI=1S/C9H12N4/c1-11-5-6-4-8-7(12-6)2-3-9(10)13-8/h2-4,11-12H,5H2,1H3,(H2,10,13). The number of fused-ring (bicyclic) bond motifs is 1. The molecule has 0 aliphatic carbocycles. The number of nitrogen functional groups attached to an aromatic ring is 1. The third-order valence-electron chi connectivity index (χ3n) is 1.92. The van der Waals surface area contributed by atoms with Gasteiger partial charge in [-0.3, -0.25) is 0 Å². The number of hydrogen-bond donors (Lipinski definition) is 3. The lowest BCUT2D eigenvalue weighted by Crippen LogP contribution is -2.04. The largest absolute Gasteiger partial charge is 0.384 e. The van der Waals surface area contributed by atoms with Crippen LogP contribution in [-0.4, -0.2) is 17.0 Å². The van der Waals surface area contributed by atoms with E-state index in [1.54, 1.807) is 6.07 Å². The van der Waals surface area contributed by atoms with E-state index in [9.17, 15) is 0 Å². The van der Waals surface area contributed by atoms with Crippen LogP contribution in [-0.2, 0) is 6.54 Å². The van der Waals surface area contributed by atoms with Gasteiger partial charge in [-0.05, 0) is 25.2 Å². The van der Waals surface area contributed by atoms with Crippen molar-refractivity contribution in [2.45, 2.75) is 6.54 Å². The monoisotopic (exact) mass is 176 g/mol. The highest BCUT2D eigenvalue weighted by atomic mass is 14.9. The average Bonchev–Trinajstić information content (AvgIpc) is 2.46. The number of pyridine rings is 1. The highest BCUT2D eigenvalue weighted by Gasteiger charge is 2.00. The zero-order valence-corrected chi connectivity index (χ0v) is 7.46. The molecule has 2 aromatic rings. The molecule has 68 valence electrons. The molecule has 0 saturated heterocycles. The predicted octanol–water partition coefficient (Wildman–Crippen LogP) is 0.864. The van der Waals surface area contributed by atoms with Gasteiger partial charge in [-0.1, -0.05) is 0 Å². The van der Waals surface area contributed by atoms with Crippen molar-refractivity contribution in [3.63, 3.8) is 0 Å². The van der Waals surface area contributed by atoms with E-state index in [-0.39, 0.29) is 0 Å². The molecule has 0 aliphatic heterocycles. The van der Waals surface area contributed by atoms with E-state index in [4.69, 9.17) is 5.73 Å². The molecule has 2 rings (SSSR count). The minimum atomic E-state index is 0.558. The smallest absolute Gasteiger partial charge is 0.124 e. The van der Waals surface area contributed by atoms with E-state index < -0.39 is 0 Å². The Hall–Kier alpha value is -1.55. The topological polar surface area (TPSA) is 66.7 Å². The van der Waals surface area contributed by atoms with Gasteiger partial charge < -0.3 is 16.0 Å². The van der Waals surface area contributed by atoms with Crippen LogP contribution in [0.25, 0.3) is 11.0 Å². The summed E-state index contributed by atoms with van der Waals surface area (Å²) in [6, 6.07) is 5.74. The second kappa shape index (κ2) is 3.06. The molecule has 4 N–H and O–H groups in total. The third-order valence-corrected chi connectivity index (χ3v) is 1.92. The number of nitrogens with two attached hydrogens (primary N) is 1. The molecule has 4 nitrogen and oxygen atoms in total. The molecule has 0 fully saturated rings. The van der Waals surface area contributed by atoms with Crippen molar-refractivity contribution in [3.8, 4) is 0 Å². The first kappa shape index (κ1) is 8.07. The average molecular weight is 176 g/mol. The van der Waals surface area contributed by atoms with E-state index >= 15 is 0 Å². The number of rotatable bonds is 2. The molecule has 0 saturated carbocycles. The maximum Gasteiger partial charge on any atom is 0.124 e. The van der Waals surface area contributed by atoms with Gasteiger partial charge in [0.2, 0.25) is 0 Å². The zero-order chi connectivity index (χ0) is 9.26. The first-order valence-electron chi connectivity index (χ1n) is 4.18. The van der Waals surface area contributed by atoms with Gasteiger partial charge in [-0.15, -0.1) is 0 Å². The summed E-state index contributed by atoms with van der Waals surface area (Å²) >= 11 is 0. The number of hydrogen-bond acceptors (Lipinski definition) is 3. The first-order valence-corrected chi connectivity index (χ1v) is 4.18. The van der Waals surface area contributed by atoms with Crippen LogP contribution in [0.5, 0.6) is 0 Å². The van der Waals surface area contributed by atoms with E-state index in [2.05, 4.69) is 15.3 Å². The molecular weight excluding hydrogens is 164 g/mol. The Labute approximate surface area is 76.2 Å². The van der Waals surface area contributed by atoms with Crippen LogP contribution in [0, 0.1) is 0 Å². The summed E-state index contributed by atoms with van der Waals surface area (Å²) in [5, 5.41) is 3.07. The van der Waals surface area contributed by atoms with Gasteiger partial charge in [0.05, 0.1) is 11.0 Å². The van der Waals surface area contributed by atoms with Gasteiger partial charge in [0.25, 0.3) is 0 Å². The molecule has 0 aliphatic rings. The number of nitrogens with one attached hydrogen (secondary N) is 2. The minimum Gasteiger partial charge on any atom is -0.384 e. The summed E-state index contributed by atoms with van der Waals surface area (Å²) in [6.45, 7) is 0.816. The molecule has 0 aromatic carbocycles. The third kappa shape index (κ3) is 1.48. The highest BCUT2D eigenvalue weighted by Crippen LogP contribution is 2.14. The molecule has 0 amide bonds. The lowest BCUT2D eigenvalue weighted by Gasteiger charge is -1.91. The van der Waals surface area contributed by atoms with Crippen LogP contribution in [0.4, 0.5) is 5.82 Å². The van der Waals surface area contributed by atoms with Crippen LogP contribution < -0.4 is 11.1 Å². The van der Waals surface area contributed by atoms with Crippen molar-refractivity contribution in [1.29, 1.82) is 0 Å². The summed E-state index contributed by atoms with van der Waals surface area (Å²) in [6.07, 6.45) is 0. The van der Waals surface area contributed by atoms with Crippen molar-refractivity contribution in [3.05, 3.63) is 23.9 Å². The SMILES string of the molecule is CNCc1cc2nc(N)ccc2[nH]1. The number of H-pyrrole nitrogens is 1. The predicted molar refractivity (Wildman–Crippen MR) is 53.3 cm³/mol. The number of aromatic nitrogens is 2. The molecule has 0 unspecified atom stereocenters. The Morgan fingerprint density at radius 2 is 2.38 bits per heavy atom. The summed E-state index contributed by atoms with van der Waals surface area (Å²) < 4.78 is 0. The second-order valence-corrected chi connectivity index (χ2v) is 2.99. The maximum absolute atomic E-state index is 5.57. The fraction of sp³-hybridized carbons (Fsp3) is 0.222. The van der Waals surface area contributed by atoms with Crippen LogP contribution >= 0.6 is 0 Å². The fourth-order valence-electron chi connectivity index (χ4n) is 1.37. The molecular formula is C9H12N4. The van der Waals surface area contributed by atoms with Crippen LogP contribution in [0.3, 0.4) is 0 Å². The van der Waals surface area contributed by atoms with Gasteiger partial charge in [-0.25, -0.2) is 4.98 Å². The van der Waals surface area contributed by atoms with E-state index in [0.717, 1.165) is 23.3 Å². The molecule has 4 heteroatoms. The van der Waals surface area contributed by atoms with Crippen molar-refractivity contribution < 1.29 is 0 Å². The van der Waals surface area contributed by atoms with Crippen molar-refractivity contribution in [1.82, 2.24) is 15.3 Å². The Balaban J connectivity index is 2.49. The molecule has 2 aromatic heterocycles. The summed E-state index contributed by atoms with van der Waals surface area (Å²) in [7, 11) is 1.91. The van der Waals surface area contributed by atoms with Crippen molar-refractivity contribution in [2.24, 2.45) is 0 Å². The lowest BCUT2D eigenvalue weighted by atomic mass is 10.3. The summed E-state index contributed by atoms with van der Waals surface area (Å²) in [5.74, 6) is 0.558. The number of anilines is 1. The van der Waals surface area contributed by atoms with Crippen molar-refractivity contribution in [2.75, 3.05) is 12.8 Å². The molecule has 0 spiro atoms. The Kier molecular flexibility index (Phi) is 1.90. The quantitative estimate of drug-likeness (QED) is 0.636. The van der Waals surface area contributed by atoms with Gasteiger partial charge in [0.15, 0.2) is 0 Å². The number of nitrogens with zero attached hydrogens (tertiary/aromatic N) is 1. The summed E-state index contributed by atoms with van der Waals surface area (Å²) in [4.78, 5) is 7.44. The molecule has 0 atom stereocenters. The molecule has 2 heterocycles. The summed E-state index contributed by atoms with van der Waals surface area (Å²) in [5.41, 5.74) is 8.64. The molecule has 0 bridgehead atoms. The van der Waals surface area contributed by atoms with E-state index in [1.807, 2.05) is 19.2 Å². The van der Waals surface area contributed by atoms with Gasteiger partial charge in [0.1, 0.15) is 5.82 Å². The Bertz CT molecular complexity index is 418. The lowest BCUT2D eigenvalue weighted by molar-refractivity contribution is 0.799. The first-order chi connectivity index (χ1) is 6.29.